The molecule has 29 aromatic rings. The van der Waals surface area contributed by atoms with E-state index in [2.05, 4.69) is 330 Å². The van der Waals surface area contributed by atoms with Crippen molar-refractivity contribution in [3.8, 4) is 28.2 Å². The van der Waals surface area contributed by atoms with Crippen molar-refractivity contribution in [2.75, 3.05) is 0 Å². The minimum Gasteiger partial charge on any atom is -0.309 e. The summed E-state index contributed by atoms with van der Waals surface area (Å²) < 4.78 is 14.2. The molecule has 0 atom stereocenters. The van der Waals surface area contributed by atoms with E-state index in [0.717, 1.165) is 105 Å². The molecule has 0 saturated carbocycles. The zero-order valence-electron chi connectivity index (χ0n) is 63.0. The van der Waals surface area contributed by atoms with Gasteiger partial charge in [-0.1, -0.05) is 231 Å². The van der Waals surface area contributed by atoms with Crippen LogP contribution in [0.1, 0.15) is 0 Å². The lowest BCUT2D eigenvalue weighted by Gasteiger charge is -2.09. The van der Waals surface area contributed by atoms with Gasteiger partial charge in [0.1, 0.15) is 16.6 Å². The summed E-state index contributed by atoms with van der Waals surface area (Å²) in [5.41, 5.74) is 31.3. The lowest BCUT2D eigenvalue weighted by molar-refractivity contribution is 1.18. The molecule has 12 nitrogen and oxygen atoms in total. The lowest BCUT2D eigenvalue weighted by Crippen LogP contribution is -1.94. The summed E-state index contributed by atoms with van der Waals surface area (Å²) in [4.78, 5) is 30.7. The lowest BCUT2D eigenvalue weighted by atomic mass is 10.0. The first kappa shape index (κ1) is 63.3. The molecule has 0 spiro atoms. The van der Waals surface area contributed by atoms with E-state index < -0.39 is 0 Å². The van der Waals surface area contributed by atoms with Crippen LogP contribution in [-0.4, -0.2) is 56.8 Å². The van der Waals surface area contributed by atoms with Crippen LogP contribution in [0.2, 0.25) is 0 Å². The highest BCUT2D eigenvalue weighted by Crippen LogP contribution is 2.50. The Balaban J connectivity index is 0.0000000944. The maximum absolute atomic E-state index is 5.21. The molecule has 544 valence electrons. The Labute approximate surface area is 669 Å². The van der Waals surface area contributed by atoms with Gasteiger partial charge in [0.15, 0.2) is 16.9 Å². The second kappa shape index (κ2) is 23.7. The zero-order chi connectivity index (χ0) is 76.7. The Bertz CT molecular complexity index is 9320. The summed E-state index contributed by atoms with van der Waals surface area (Å²) in [6.45, 7) is 0. The van der Waals surface area contributed by atoms with E-state index in [1.165, 1.54) is 147 Å². The molecular weight excluding hydrogens is 1440 g/mol. The Morgan fingerprint density at radius 3 is 1.03 bits per heavy atom. The molecule has 0 aliphatic carbocycles. The summed E-state index contributed by atoms with van der Waals surface area (Å²) in [5, 5.41) is 21.0. The van der Waals surface area contributed by atoms with Gasteiger partial charge in [0.05, 0.1) is 99.3 Å². The number of rotatable bonds is 4. The molecule has 0 fully saturated rings. The summed E-state index contributed by atoms with van der Waals surface area (Å²) in [5.74, 6) is 0. The molecular formula is C106H60N12. The van der Waals surface area contributed by atoms with Crippen LogP contribution in [0, 0.1) is 0 Å². The van der Waals surface area contributed by atoms with Crippen molar-refractivity contribution in [2.24, 2.45) is 0 Å². The first-order valence-corrected chi connectivity index (χ1v) is 40.1. The largest absolute Gasteiger partial charge is 0.309 e. The second-order valence-corrected chi connectivity index (χ2v) is 31.2. The van der Waals surface area contributed by atoms with Crippen LogP contribution in [0.3, 0.4) is 0 Å². The average molecular weight is 1500 g/mol. The predicted octanol–water partition coefficient (Wildman–Crippen LogP) is 26.5. The third-order valence-electron chi connectivity index (χ3n) is 25.0. The number of fused-ring (bicyclic) bond motifs is 34. The van der Waals surface area contributed by atoms with Crippen molar-refractivity contribution < 1.29 is 0 Å². The molecule has 0 unspecified atom stereocenters. The van der Waals surface area contributed by atoms with E-state index in [4.69, 9.17) is 29.9 Å². The fourth-order valence-electron chi connectivity index (χ4n) is 20.2. The molecule has 12 aromatic heterocycles. The van der Waals surface area contributed by atoms with Crippen molar-refractivity contribution in [1.29, 1.82) is 0 Å². The van der Waals surface area contributed by atoms with Crippen LogP contribution in [0.4, 0.5) is 0 Å². The Hall–Kier alpha value is -16.2. The van der Waals surface area contributed by atoms with Gasteiger partial charge < -0.3 is 13.7 Å². The van der Waals surface area contributed by atoms with E-state index in [0.29, 0.717) is 0 Å². The van der Waals surface area contributed by atoms with E-state index in [-0.39, 0.29) is 0 Å². The molecule has 17 aromatic carbocycles. The Morgan fingerprint density at radius 2 is 0.525 bits per heavy atom. The van der Waals surface area contributed by atoms with Crippen LogP contribution < -0.4 is 0 Å². The van der Waals surface area contributed by atoms with Gasteiger partial charge in [-0.25, -0.2) is 29.9 Å². The second-order valence-electron chi connectivity index (χ2n) is 31.2. The van der Waals surface area contributed by atoms with Crippen LogP contribution in [0.15, 0.2) is 364 Å². The standard InChI is InChI=1S/C38H22N4.C36H20N4.C32H18N4/c1-2-9-23(10-3-1)24-17-19-25(20-18-24)41-31-16-7-4-11-26(31)34-32(41)21-22-33-35(34)27-12-8-13-28-36-38(42(33)37(27)28)40-30-15-6-5-14-29(30)39-36;1-2-11-22(12-3-1)39-30-17-9-6-14-24(30)25-19-26-32(20-31(25)39)40-35-27(18-21-10-4-5-13-23(21)33(26)35)34-36(40)38-29-16-8-7-15-28(29)37-34;1-2-9-19(10-3-1)35-25-16-7-4-11-20(25)28-26(35)17-18-27-29(28)21-12-8-13-22-30-32(36(27)31(21)22)34-24-15-6-5-14-23(24)33-30/h1-22H;1-20H;1-18H. The van der Waals surface area contributed by atoms with Crippen LogP contribution in [0.5, 0.6) is 0 Å². The van der Waals surface area contributed by atoms with Gasteiger partial charge >= 0.3 is 0 Å². The van der Waals surface area contributed by atoms with Gasteiger partial charge in [0.2, 0.25) is 0 Å². The average Bonchev–Trinajstić information content (AvgIpc) is 1.53. The molecule has 118 heavy (non-hydrogen) atoms. The molecule has 0 aliphatic heterocycles. The van der Waals surface area contributed by atoms with E-state index in [9.17, 15) is 0 Å². The first-order chi connectivity index (χ1) is 58.6. The number of hydrogen-bond donors (Lipinski definition) is 0. The topological polar surface area (TPSA) is 105 Å². The number of aromatic nitrogens is 12. The summed E-state index contributed by atoms with van der Waals surface area (Å²) in [7, 11) is 0. The number of benzene rings is 17. The Morgan fingerprint density at radius 1 is 0.169 bits per heavy atom. The monoisotopic (exact) mass is 1500 g/mol. The molecule has 12 heteroatoms. The molecule has 12 heterocycles. The number of para-hydroxylation sites is 13. The van der Waals surface area contributed by atoms with Crippen LogP contribution >= 0.6 is 0 Å². The van der Waals surface area contributed by atoms with Crippen molar-refractivity contribution in [1.82, 2.24) is 56.8 Å². The first-order valence-electron chi connectivity index (χ1n) is 40.1. The highest BCUT2D eigenvalue weighted by Gasteiger charge is 2.29. The maximum atomic E-state index is 5.21. The van der Waals surface area contributed by atoms with Crippen molar-refractivity contribution in [3.63, 3.8) is 0 Å². The summed E-state index contributed by atoms with van der Waals surface area (Å²) in [6.07, 6.45) is 0. The normalized spacial score (nSPS) is 12.4. The Kier molecular flexibility index (Phi) is 12.7. The molecule has 0 amide bonds. The molecule has 0 saturated heterocycles. The van der Waals surface area contributed by atoms with Gasteiger partial charge in [-0.15, -0.1) is 0 Å². The van der Waals surface area contributed by atoms with Gasteiger partial charge in [0.25, 0.3) is 0 Å². The summed E-state index contributed by atoms with van der Waals surface area (Å²) >= 11 is 0. The quantitative estimate of drug-likeness (QED) is 0.174. The molecule has 0 N–H and O–H groups in total. The van der Waals surface area contributed by atoms with Gasteiger partial charge in [-0.3, -0.25) is 13.2 Å². The van der Waals surface area contributed by atoms with Gasteiger partial charge in [0, 0.05) is 97.9 Å². The van der Waals surface area contributed by atoms with Crippen molar-refractivity contribution in [3.05, 3.63) is 364 Å². The van der Waals surface area contributed by atoms with Crippen LogP contribution in [-0.2, 0) is 0 Å². The van der Waals surface area contributed by atoms with E-state index >= 15 is 0 Å². The SMILES string of the molecule is c1ccc(-c2ccc(-n3c4ccccc4c4c5c6cccc7c8nc9ccccc9nc8n(c5ccc43)c76)cc2)cc1.c1ccc(-n2c3ccccc3c3c4c5cccc6c7nc8ccccc8nc7n(c4ccc32)c65)cc1.c1ccc(-n2c3ccccc3c3cc4c5c6ccccc6cc6c7nc8ccccc8nc7n(c4cc32)c65)cc1. The van der Waals surface area contributed by atoms with E-state index in [1.54, 1.807) is 0 Å². The van der Waals surface area contributed by atoms with Gasteiger partial charge in [-0.2, -0.15) is 0 Å². The highest BCUT2D eigenvalue weighted by molar-refractivity contribution is 6.36. The molecule has 29 rings (SSSR count). The van der Waals surface area contributed by atoms with Crippen molar-refractivity contribution >= 4 is 224 Å². The minimum absolute atomic E-state index is 0.908. The summed E-state index contributed by atoms with van der Waals surface area (Å²) in [6, 6.07) is 129. The minimum atomic E-state index is 0.908. The highest BCUT2D eigenvalue weighted by atomic mass is 15.1. The molecule has 0 radical (unpaired) electrons. The smallest absolute Gasteiger partial charge is 0.165 e. The predicted molar refractivity (Wildman–Crippen MR) is 489 cm³/mol. The number of hydrogen-bond acceptors (Lipinski definition) is 6. The fourth-order valence-corrected chi connectivity index (χ4v) is 20.2. The molecule has 0 bridgehead atoms. The van der Waals surface area contributed by atoms with Crippen LogP contribution in [0.25, 0.3) is 253 Å². The number of nitrogens with zero attached hydrogens (tertiary/aromatic N) is 12. The van der Waals surface area contributed by atoms with Crippen molar-refractivity contribution in [2.45, 2.75) is 0 Å². The maximum Gasteiger partial charge on any atom is 0.165 e. The zero-order valence-corrected chi connectivity index (χ0v) is 63.0. The third kappa shape index (κ3) is 8.59. The van der Waals surface area contributed by atoms with E-state index in [1.807, 2.05) is 60.7 Å². The molecule has 0 aliphatic rings. The van der Waals surface area contributed by atoms with Gasteiger partial charge in [-0.05, 0) is 155 Å². The third-order valence-corrected chi connectivity index (χ3v) is 25.0. The fraction of sp³-hybridized carbons (Fsp3) is 0.